The largest absolute Gasteiger partial charge is 0.493 e. The Balaban J connectivity index is 1.71. The van der Waals surface area contributed by atoms with Gasteiger partial charge in [0, 0.05) is 18.7 Å². The fourth-order valence-corrected chi connectivity index (χ4v) is 5.30. The molecular weight excluding hydrogens is 430 g/mol. The summed E-state index contributed by atoms with van der Waals surface area (Å²) in [6.07, 6.45) is 1.65. The van der Waals surface area contributed by atoms with Crippen molar-refractivity contribution in [3.63, 3.8) is 0 Å². The zero-order chi connectivity index (χ0) is 24.2. The van der Waals surface area contributed by atoms with Crippen molar-refractivity contribution in [1.29, 1.82) is 0 Å². The van der Waals surface area contributed by atoms with Gasteiger partial charge in [0.2, 0.25) is 5.91 Å². The van der Waals surface area contributed by atoms with E-state index in [2.05, 4.69) is 30.1 Å². The highest BCUT2D eigenvalue weighted by Gasteiger charge is 2.46. The third-order valence-corrected chi connectivity index (χ3v) is 7.16. The van der Waals surface area contributed by atoms with Crippen LogP contribution in [0.1, 0.15) is 59.3 Å². The first kappa shape index (κ1) is 24.1. The van der Waals surface area contributed by atoms with Gasteiger partial charge in [0.15, 0.2) is 11.5 Å². The summed E-state index contributed by atoms with van der Waals surface area (Å²) < 4.78 is 11.0. The number of carbonyl (C=O) groups is 2. The molecule has 0 fully saturated rings. The third kappa shape index (κ3) is 4.37. The van der Waals surface area contributed by atoms with E-state index in [9.17, 15) is 9.59 Å². The predicted octanol–water partition coefficient (Wildman–Crippen LogP) is 3.39. The first-order chi connectivity index (χ1) is 16.5. The van der Waals surface area contributed by atoms with Crippen molar-refractivity contribution >= 4 is 11.8 Å². The standard InChI is InChI=1S/C27H35N3O4/c1-5-29(6-2)14-9-13-28-26(31)24-20-16-22(33-3)23(34-4)17-21(20)27(32)30-15-12-18-10-7-8-11-19(18)25(24)30/h7-8,10-11,16-17,24-25H,5-6,9,12-15H2,1-4H3,(H,28,31)/t24-,25-/m0/s1. The van der Waals surface area contributed by atoms with Crippen LogP contribution in [0.25, 0.3) is 0 Å². The molecule has 0 aliphatic carbocycles. The topological polar surface area (TPSA) is 71.1 Å². The average molecular weight is 466 g/mol. The van der Waals surface area contributed by atoms with Gasteiger partial charge < -0.3 is 24.6 Å². The number of benzene rings is 2. The predicted molar refractivity (Wildman–Crippen MR) is 132 cm³/mol. The van der Waals surface area contributed by atoms with Gasteiger partial charge in [0.25, 0.3) is 5.91 Å². The number of methoxy groups -OCH3 is 2. The second kappa shape index (κ2) is 10.5. The number of amides is 2. The van der Waals surface area contributed by atoms with E-state index in [-0.39, 0.29) is 17.9 Å². The Labute approximate surface area is 202 Å². The van der Waals surface area contributed by atoms with E-state index in [4.69, 9.17) is 9.47 Å². The molecule has 0 spiro atoms. The molecule has 1 N–H and O–H groups in total. The van der Waals surface area contributed by atoms with Crippen LogP contribution in [0, 0.1) is 0 Å². The second-order valence-corrected chi connectivity index (χ2v) is 8.84. The van der Waals surface area contributed by atoms with Gasteiger partial charge in [-0.3, -0.25) is 9.59 Å². The Kier molecular flexibility index (Phi) is 7.41. The Morgan fingerprint density at radius 2 is 1.79 bits per heavy atom. The monoisotopic (exact) mass is 465 g/mol. The molecule has 0 aromatic heterocycles. The fourth-order valence-electron chi connectivity index (χ4n) is 5.30. The minimum absolute atomic E-state index is 0.0628. The molecule has 4 rings (SSSR count). The van der Waals surface area contributed by atoms with Crippen molar-refractivity contribution in [2.24, 2.45) is 0 Å². The number of rotatable bonds is 9. The summed E-state index contributed by atoms with van der Waals surface area (Å²) >= 11 is 0. The Bertz CT molecular complexity index is 1050. The van der Waals surface area contributed by atoms with E-state index in [0.29, 0.717) is 35.7 Å². The lowest BCUT2D eigenvalue weighted by atomic mass is 9.75. The van der Waals surface area contributed by atoms with Crippen LogP contribution in [0.4, 0.5) is 0 Å². The van der Waals surface area contributed by atoms with E-state index in [0.717, 1.165) is 38.0 Å². The van der Waals surface area contributed by atoms with Crippen molar-refractivity contribution in [3.8, 4) is 11.5 Å². The fraction of sp³-hybridized carbons (Fsp3) is 0.481. The van der Waals surface area contributed by atoms with E-state index < -0.39 is 5.92 Å². The van der Waals surface area contributed by atoms with Crippen molar-refractivity contribution in [3.05, 3.63) is 58.7 Å². The summed E-state index contributed by atoms with van der Waals surface area (Å²) in [5, 5.41) is 3.17. The van der Waals surface area contributed by atoms with Crippen LogP contribution in [0.5, 0.6) is 11.5 Å². The molecule has 2 aromatic rings. The number of nitrogens with one attached hydrogen (secondary N) is 1. The molecule has 7 heteroatoms. The second-order valence-electron chi connectivity index (χ2n) is 8.84. The molecule has 34 heavy (non-hydrogen) atoms. The molecule has 2 aliphatic heterocycles. The molecule has 182 valence electrons. The number of ether oxygens (including phenoxy) is 2. The minimum atomic E-state index is -0.526. The van der Waals surface area contributed by atoms with Gasteiger partial charge in [-0.15, -0.1) is 0 Å². The van der Waals surface area contributed by atoms with Gasteiger partial charge in [-0.05, 0) is 61.3 Å². The smallest absolute Gasteiger partial charge is 0.254 e. The highest BCUT2D eigenvalue weighted by molar-refractivity contribution is 6.02. The lowest BCUT2D eigenvalue weighted by molar-refractivity contribution is -0.124. The minimum Gasteiger partial charge on any atom is -0.493 e. The van der Waals surface area contributed by atoms with Gasteiger partial charge in [0.1, 0.15) is 0 Å². The van der Waals surface area contributed by atoms with Crippen molar-refractivity contribution in [1.82, 2.24) is 15.1 Å². The van der Waals surface area contributed by atoms with Crippen LogP contribution < -0.4 is 14.8 Å². The maximum Gasteiger partial charge on any atom is 0.254 e. The molecule has 2 heterocycles. The molecular formula is C27H35N3O4. The Hall–Kier alpha value is -3.06. The average Bonchev–Trinajstić information content (AvgIpc) is 2.88. The molecule has 2 amide bonds. The maximum atomic E-state index is 13.7. The van der Waals surface area contributed by atoms with E-state index in [1.165, 1.54) is 5.56 Å². The zero-order valence-electron chi connectivity index (χ0n) is 20.6. The molecule has 0 bridgehead atoms. The normalized spacial score (nSPS) is 18.7. The molecule has 0 unspecified atom stereocenters. The number of carbonyl (C=O) groups excluding carboxylic acids is 2. The van der Waals surface area contributed by atoms with Crippen LogP contribution in [0.2, 0.25) is 0 Å². The van der Waals surface area contributed by atoms with Crippen molar-refractivity contribution in [2.75, 3.05) is 46.9 Å². The van der Waals surface area contributed by atoms with Crippen molar-refractivity contribution < 1.29 is 19.1 Å². The van der Waals surface area contributed by atoms with Crippen molar-refractivity contribution in [2.45, 2.75) is 38.6 Å². The van der Waals surface area contributed by atoms with Crippen LogP contribution in [0.3, 0.4) is 0 Å². The molecule has 2 atom stereocenters. The lowest BCUT2D eigenvalue weighted by Crippen LogP contribution is -2.50. The van der Waals surface area contributed by atoms with Crippen LogP contribution in [0.15, 0.2) is 36.4 Å². The summed E-state index contributed by atoms with van der Waals surface area (Å²) in [4.78, 5) is 31.5. The number of hydrogen-bond donors (Lipinski definition) is 1. The molecule has 0 radical (unpaired) electrons. The highest BCUT2D eigenvalue weighted by atomic mass is 16.5. The summed E-state index contributed by atoms with van der Waals surface area (Å²) in [5.74, 6) is 0.352. The summed E-state index contributed by atoms with van der Waals surface area (Å²) in [6.45, 7) is 8.41. The van der Waals surface area contributed by atoms with Crippen LogP contribution in [-0.4, -0.2) is 68.6 Å². The van der Waals surface area contributed by atoms with Gasteiger partial charge in [-0.1, -0.05) is 38.1 Å². The molecule has 0 saturated carbocycles. The number of nitrogens with zero attached hydrogens (tertiary/aromatic N) is 2. The lowest BCUT2D eigenvalue weighted by Gasteiger charge is -2.45. The molecule has 2 aromatic carbocycles. The quantitative estimate of drug-likeness (QED) is 0.575. The van der Waals surface area contributed by atoms with Gasteiger partial charge in [-0.25, -0.2) is 0 Å². The van der Waals surface area contributed by atoms with Gasteiger partial charge >= 0.3 is 0 Å². The molecule has 7 nitrogen and oxygen atoms in total. The highest BCUT2D eigenvalue weighted by Crippen LogP contribution is 2.48. The SMILES string of the molecule is CCN(CC)CCCNC(=O)[C@H]1c2cc(OC)c(OC)cc2C(=O)N2CCc3ccccc3[C@@H]12. The summed E-state index contributed by atoms with van der Waals surface area (Å²) in [6, 6.07) is 11.3. The number of fused-ring (bicyclic) bond motifs is 4. The first-order valence-corrected chi connectivity index (χ1v) is 12.2. The summed E-state index contributed by atoms with van der Waals surface area (Å²) in [7, 11) is 3.12. The Morgan fingerprint density at radius 3 is 2.50 bits per heavy atom. The Morgan fingerprint density at radius 1 is 1.09 bits per heavy atom. The van der Waals surface area contributed by atoms with Gasteiger partial charge in [-0.2, -0.15) is 0 Å². The van der Waals surface area contributed by atoms with E-state index >= 15 is 0 Å². The third-order valence-electron chi connectivity index (χ3n) is 7.16. The van der Waals surface area contributed by atoms with Crippen LogP contribution in [-0.2, 0) is 11.2 Å². The zero-order valence-corrected chi connectivity index (χ0v) is 20.6. The maximum absolute atomic E-state index is 13.7. The number of hydrogen-bond acceptors (Lipinski definition) is 5. The summed E-state index contributed by atoms with van der Waals surface area (Å²) in [5.41, 5.74) is 3.45. The van der Waals surface area contributed by atoms with E-state index in [1.807, 2.05) is 23.1 Å². The molecule has 0 saturated heterocycles. The van der Waals surface area contributed by atoms with Crippen LogP contribution >= 0.6 is 0 Å². The van der Waals surface area contributed by atoms with Gasteiger partial charge in [0.05, 0.1) is 26.2 Å². The van der Waals surface area contributed by atoms with E-state index in [1.54, 1.807) is 26.4 Å². The molecule has 2 aliphatic rings. The first-order valence-electron chi connectivity index (χ1n) is 12.2.